The van der Waals surface area contributed by atoms with E-state index in [0.717, 1.165) is 6.54 Å². The molecule has 0 amide bonds. The fourth-order valence-corrected chi connectivity index (χ4v) is 1.81. The minimum Gasteiger partial charge on any atom is -0.494 e. The molecule has 0 spiro atoms. The number of aliphatic hydroxyl groups excluding tert-OH is 1. The SMILES string of the molecule is COc1ccc(C(C)(CO)NCCN(C)C)cc1F. The van der Waals surface area contributed by atoms with Gasteiger partial charge in [-0.15, -0.1) is 0 Å². The number of nitrogens with one attached hydrogen (secondary N) is 1. The van der Waals surface area contributed by atoms with Gasteiger partial charge < -0.3 is 20.1 Å². The van der Waals surface area contributed by atoms with E-state index in [0.29, 0.717) is 12.1 Å². The van der Waals surface area contributed by atoms with E-state index in [4.69, 9.17) is 4.74 Å². The number of likely N-dealkylation sites (N-methyl/N-ethyl adjacent to an activating group) is 1. The third-order valence-corrected chi connectivity index (χ3v) is 3.18. The zero-order valence-corrected chi connectivity index (χ0v) is 12.0. The van der Waals surface area contributed by atoms with Crippen molar-refractivity contribution in [3.05, 3.63) is 29.6 Å². The van der Waals surface area contributed by atoms with Crippen molar-refractivity contribution in [1.82, 2.24) is 10.2 Å². The van der Waals surface area contributed by atoms with Gasteiger partial charge in [-0.25, -0.2) is 4.39 Å². The third kappa shape index (κ3) is 4.16. The summed E-state index contributed by atoms with van der Waals surface area (Å²) in [5.74, 6) is -0.216. The number of aliphatic hydroxyl groups is 1. The van der Waals surface area contributed by atoms with Gasteiger partial charge >= 0.3 is 0 Å². The highest BCUT2D eigenvalue weighted by Crippen LogP contribution is 2.25. The van der Waals surface area contributed by atoms with Gasteiger partial charge in [0.05, 0.1) is 19.3 Å². The summed E-state index contributed by atoms with van der Waals surface area (Å²) in [4.78, 5) is 2.04. The van der Waals surface area contributed by atoms with Crippen LogP contribution in [0.15, 0.2) is 18.2 Å². The first-order valence-corrected chi connectivity index (χ1v) is 6.27. The van der Waals surface area contributed by atoms with Crippen LogP contribution < -0.4 is 10.1 Å². The first kappa shape index (κ1) is 15.9. The lowest BCUT2D eigenvalue weighted by molar-refractivity contribution is 0.171. The Hall–Kier alpha value is -1.17. The van der Waals surface area contributed by atoms with E-state index < -0.39 is 11.4 Å². The van der Waals surface area contributed by atoms with Gasteiger partial charge in [-0.2, -0.15) is 0 Å². The topological polar surface area (TPSA) is 44.7 Å². The molecule has 1 atom stereocenters. The second-order valence-corrected chi connectivity index (χ2v) is 5.07. The number of nitrogens with zero attached hydrogens (tertiary/aromatic N) is 1. The summed E-state index contributed by atoms with van der Waals surface area (Å²) < 4.78 is 18.6. The van der Waals surface area contributed by atoms with Crippen molar-refractivity contribution < 1.29 is 14.2 Å². The number of hydrogen-bond acceptors (Lipinski definition) is 4. The molecule has 0 bridgehead atoms. The number of methoxy groups -OCH3 is 1. The summed E-state index contributed by atoms with van der Waals surface area (Å²) in [5.41, 5.74) is 0.0374. The average molecular weight is 270 g/mol. The molecule has 0 saturated heterocycles. The lowest BCUT2D eigenvalue weighted by atomic mass is 9.92. The van der Waals surface area contributed by atoms with Crippen LogP contribution in [0.4, 0.5) is 4.39 Å². The van der Waals surface area contributed by atoms with Gasteiger partial charge in [0.2, 0.25) is 0 Å². The van der Waals surface area contributed by atoms with Crippen molar-refractivity contribution in [3.63, 3.8) is 0 Å². The molecule has 0 aromatic heterocycles. The molecule has 0 aliphatic heterocycles. The zero-order chi connectivity index (χ0) is 14.5. The fourth-order valence-electron chi connectivity index (χ4n) is 1.81. The van der Waals surface area contributed by atoms with Gasteiger partial charge in [0.25, 0.3) is 0 Å². The maximum absolute atomic E-state index is 13.7. The van der Waals surface area contributed by atoms with Crippen LogP contribution in [0.3, 0.4) is 0 Å². The minimum absolute atomic E-state index is 0.105. The fraction of sp³-hybridized carbons (Fsp3) is 0.571. The van der Waals surface area contributed by atoms with Gasteiger partial charge in [-0.1, -0.05) is 6.07 Å². The molecule has 2 N–H and O–H groups in total. The van der Waals surface area contributed by atoms with E-state index in [9.17, 15) is 9.50 Å². The first-order chi connectivity index (χ1) is 8.92. The van der Waals surface area contributed by atoms with E-state index in [2.05, 4.69) is 5.32 Å². The third-order valence-electron chi connectivity index (χ3n) is 3.18. The van der Waals surface area contributed by atoms with Crippen molar-refractivity contribution in [2.75, 3.05) is 40.9 Å². The Kier molecular flexibility index (Phi) is 5.72. The number of ether oxygens (including phenoxy) is 1. The summed E-state index contributed by atoms with van der Waals surface area (Å²) in [5, 5.41) is 12.9. The molecule has 1 aromatic carbocycles. The van der Waals surface area contributed by atoms with Crippen molar-refractivity contribution in [2.45, 2.75) is 12.5 Å². The highest BCUT2D eigenvalue weighted by Gasteiger charge is 2.26. The van der Waals surface area contributed by atoms with Crippen molar-refractivity contribution in [3.8, 4) is 5.75 Å². The van der Waals surface area contributed by atoms with Crippen LogP contribution in [0.25, 0.3) is 0 Å². The lowest BCUT2D eigenvalue weighted by Crippen LogP contribution is -2.45. The van der Waals surface area contributed by atoms with Crippen LogP contribution in [0.5, 0.6) is 5.75 Å². The summed E-state index contributed by atoms with van der Waals surface area (Å²) in [7, 11) is 5.38. The number of rotatable bonds is 7. The molecule has 0 saturated carbocycles. The molecule has 4 nitrogen and oxygen atoms in total. The van der Waals surface area contributed by atoms with Crippen molar-refractivity contribution >= 4 is 0 Å². The Balaban J connectivity index is 2.85. The standard InChI is InChI=1S/C14H23FN2O2/c1-14(10-18,16-7-8-17(2)3)11-5-6-13(19-4)12(15)9-11/h5-6,9,16,18H,7-8,10H2,1-4H3. The number of halogens is 1. The molecular formula is C14H23FN2O2. The minimum atomic E-state index is -0.664. The van der Waals surface area contributed by atoms with Gasteiger partial charge in [0, 0.05) is 13.1 Å². The maximum atomic E-state index is 13.7. The molecule has 0 heterocycles. The van der Waals surface area contributed by atoms with E-state index >= 15 is 0 Å². The van der Waals surface area contributed by atoms with E-state index in [-0.39, 0.29) is 12.4 Å². The molecule has 5 heteroatoms. The first-order valence-electron chi connectivity index (χ1n) is 6.27. The summed E-state index contributed by atoms with van der Waals surface area (Å²) in [6.07, 6.45) is 0. The Morgan fingerprint density at radius 1 is 1.42 bits per heavy atom. The molecule has 1 rings (SSSR count). The largest absolute Gasteiger partial charge is 0.494 e. The van der Waals surface area contributed by atoms with Crippen molar-refractivity contribution in [1.29, 1.82) is 0 Å². The van der Waals surface area contributed by atoms with Gasteiger partial charge in [-0.05, 0) is 38.7 Å². The van der Waals surface area contributed by atoms with Crippen LogP contribution in [0.1, 0.15) is 12.5 Å². The number of benzene rings is 1. The van der Waals surface area contributed by atoms with Crippen LogP contribution in [0.2, 0.25) is 0 Å². The highest BCUT2D eigenvalue weighted by molar-refractivity contribution is 5.33. The Bertz CT molecular complexity index is 412. The molecule has 0 aliphatic carbocycles. The van der Waals surface area contributed by atoms with E-state index in [1.165, 1.54) is 13.2 Å². The normalized spacial score (nSPS) is 14.5. The smallest absolute Gasteiger partial charge is 0.165 e. The predicted molar refractivity (Wildman–Crippen MR) is 73.9 cm³/mol. The molecule has 19 heavy (non-hydrogen) atoms. The Morgan fingerprint density at radius 3 is 2.58 bits per heavy atom. The summed E-state index contributed by atoms with van der Waals surface area (Å²) >= 11 is 0. The van der Waals surface area contributed by atoms with Gasteiger partial charge in [0.1, 0.15) is 0 Å². The van der Waals surface area contributed by atoms with E-state index in [1.807, 2.05) is 25.9 Å². The van der Waals surface area contributed by atoms with Gasteiger partial charge in [-0.3, -0.25) is 0 Å². The summed E-state index contributed by atoms with van der Waals surface area (Å²) in [6, 6.07) is 4.74. The zero-order valence-electron chi connectivity index (χ0n) is 12.0. The quantitative estimate of drug-likeness (QED) is 0.781. The highest BCUT2D eigenvalue weighted by atomic mass is 19.1. The molecule has 0 fully saturated rings. The molecule has 1 aromatic rings. The van der Waals surface area contributed by atoms with Gasteiger partial charge in [0.15, 0.2) is 11.6 Å². The van der Waals surface area contributed by atoms with Crippen molar-refractivity contribution in [2.24, 2.45) is 0 Å². The predicted octanol–water partition coefficient (Wildman–Crippen LogP) is 1.19. The van der Waals surface area contributed by atoms with E-state index in [1.54, 1.807) is 12.1 Å². The Labute approximate surface area is 114 Å². The second-order valence-electron chi connectivity index (χ2n) is 5.07. The van der Waals surface area contributed by atoms with Crippen LogP contribution >= 0.6 is 0 Å². The maximum Gasteiger partial charge on any atom is 0.165 e. The van der Waals surface area contributed by atoms with Crippen LogP contribution in [-0.4, -0.2) is 50.9 Å². The molecule has 0 radical (unpaired) electrons. The number of hydrogen-bond donors (Lipinski definition) is 2. The molecular weight excluding hydrogens is 247 g/mol. The molecule has 0 aliphatic rings. The van der Waals surface area contributed by atoms with Crippen LogP contribution in [0, 0.1) is 5.82 Å². The Morgan fingerprint density at radius 2 is 2.11 bits per heavy atom. The molecule has 108 valence electrons. The lowest BCUT2D eigenvalue weighted by Gasteiger charge is -2.30. The second kappa shape index (κ2) is 6.84. The summed E-state index contributed by atoms with van der Waals surface area (Å²) in [6.45, 7) is 3.29. The monoisotopic (exact) mass is 270 g/mol. The molecule has 1 unspecified atom stereocenters. The average Bonchev–Trinajstić information content (AvgIpc) is 2.38. The van der Waals surface area contributed by atoms with Crippen LogP contribution in [-0.2, 0) is 5.54 Å².